The molecular weight excluding hydrogens is 374 g/mol. The third kappa shape index (κ3) is 5.41. The summed E-state index contributed by atoms with van der Waals surface area (Å²) in [6.07, 6.45) is 3.75. The molecule has 0 bridgehead atoms. The number of H-pyrrole nitrogens is 1. The van der Waals surface area contributed by atoms with Crippen LogP contribution in [0.2, 0.25) is 0 Å². The van der Waals surface area contributed by atoms with Gasteiger partial charge in [0.05, 0.1) is 30.7 Å². The summed E-state index contributed by atoms with van der Waals surface area (Å²) in [5.74, 6) is 1.25. The molecule has 7 heteroatoms. The zero-order valence-corrected chi connectivity index (χ0v) is 18.3. The first-order chi connectivity index (χ1) is 13.3. The summed E-state index contributed by atoms with van der Waals surface area (Å²) < 4.78 is 5.54. The summed E-state index contributed by atoms with van der Waals surface area (Å²) in [4.78, 5) is 24.8. The van der Waals surface area contributed by atoms with Gasteiger partial charge in [0, 0.05) is 11.4 Å². The van der Waals surface area contributed by atoms with Crippen LogP contribution >= 0.6 is 11.3 Å². The minimum atomic E-state index is -0.560. The molecule has 0 spiro atoms. The lowest BCUT2D eigenvalue weighted by Crippen LogP contribution is -2.37. The van der Waals surface area contributed by atoms with Gasteiger partial charge in [-0.2, -0.15) is 0 Å². The van der Waals surface area contributed by atoms with E-state index in [4.69, 9.17) is 9.72 Å². The number of aliphatic hydroxyl groups excluding tert-OH is 1. The van der Waals surface area contributed by atoms with E-state index in [1.165, 1.54) is 10.4 Å². The minimum absolute atomic E-state index is 0.0214. The summed E-state index contributed by atoms with van der Waals surface area (Å²) >= 11 is 1.67. The van der Waals surface area contributed by atoms with Crippen molar-refractivity contribution < 1.29 is 9.84 Å². The van der Waals surface area contributed by atoms with E-state index in [-0.39, 0.29) is 11.7 Å². The van der Waals surface area contributed by atoms with Crippen LogP contribution in [-0.2, 0) is 24.1 Å². The molecule has 1 unspecified atom stereocenters. The average molecular weight is 408 g/mol. The second-order valence-electron chi connectivity index (χ2n) is 8.50. The maximum Gasteiger partial charge on any atom is 0.259 e. The molecule has 1 aliphatic rings. The molecule has 0 saturated heterocycles. The van der Waals surface area contributed by atoms with Crippen LogP contribution in [0, 0.1) is 5.92 Å². The summed E-state index contributed by atoms with van der Waals surface area (Å²) in [5, 5.41) is 11.2. The first kappa shape index (κ1) is 21.4. The summed E-state index contributed by atoms with van der Waals surface area (Å²) in [6.45, 7) is 10.5. The molecule has 2 heterocycles. The molecule has 28 heavy (non-hydrogen) atoms. The molecule has 0 fully saturated rings. The molecule has 0 amide bonds. The van der Waals surface area contributed by atoms with Gasteiger partial charge in [-0.1, -0.05) is 13.8 Å². The molecule has 6 nitrogen and oxygen atoms in total. The van der Waals surface area contributed by atoms with E-state index in [1.54, 1.807) is 11.3 Å². The number of fused-ring (bicyclic) bond motifs is 3. The lowest BCUT2D eigenvalue weighted by molar-refractivity contribution is -0.0103. The molecule has 1 atom stereocenters. The van der Waals surface area contributed by atoms with Crippen molar-refractivity contribution in [2.24, 2.45) is 5.92 Å². The molecule has 2 N–H and O–H groups in total. The van der Waals surface area contributed by atoms with Gasteiger partial charge in [0.2, 0.25) is 0 Å². The third-order valence-electron chi connectivity index (χ3n) is 5.11. The monoisotopic (exact) mass is 407 g/mol. The highest BCUT2D eigenvalue weighted by molar-refractivity contribution is 7.18. The number of nitrogens with one attached hydrogen (secondary N) is 1. The Morgan fingerprint density at radius 2 is 2.07 bits per heavy atom. The van der Waals surface area contributed by atoms with Crippen LogP contribution < -0.4 is 5.56 Å². The highest BCUT2D eigenvalue weighted by Crippen LogP contribution is 2.34. The van der Waals surface area contributed by atoms with Crippen molar-refractivity contribution >= 4 is 21.6 Å². The average Bonchev–Trinajstić information content (AvgIpc) is 3.18. The van der Waals surface area contributed by atoms with Crippen LogP contribution in [0.5, 0.6) is 0 Å². The van der Waals surface area contributed by atoms with Gasteiger partial charge < -0.3 is 14.8 Å². The predicted molar refractivity (Wildman–Crippen MR) is 114 cm³/mol. The Morgan fingerprint density at radius 1 is 1.29 bits per heavy atom. The van der Waals surface area contributed by atoms with Gasteiger partial charge >= 0.3 is 0 Å². The number of hydrogen-bond acceptors (Lipinski definition) is 6. The Morgan fingerprint density at radius 3 is 2.79 bits per heavy atom. The Balaban J connectivity index is 1.74. The summed E-state index contributed by atoms with van der Waals surface area (Å²) in [7, 11) is 0. The van der Waals surface area contributed by atoms with E-state index >= 15 is 0 Å². The van der Waals surface area contributed by atoms with Gasteiger partial charge in [-0.25, -0.2) is 4.98 Å². The van der Waals surface area contributed by atoms with Crippen molar-refractivity contribution in [1.29, 1.82) is 0 Å². The van der Waals surface area contributed by atoms with E-state index in [1.807, 2.05) is 13.8 Å². The van der Waals surface area contributed by atoms with Crippen molar-refractivity contribution in [3.8, 4) is 0 Å². The normalized spacial score (nSPS) is 15.3. The van der Waals surface area contributed by atoms with E-state index in [2.05, 4.69) is 23.7 Å². The lowest BCUT2D eigenvalue weighted by Gasteiger charge is -2.25. The fourth-order valence-corrected chi connectivity index (χ4v) is 4.94. The van der Waals surface area contributed by atoms with Crippen LogP contribution in [0.3, 0.4) is 0 Å². The zero-order chi connectivity index (χ0) is 20.3. The second kappa shape index (κ2) is 9.48. The molecule has 1 aliphatic carbocycles. The van der Waals surface area contributed by atoms with Gasteiger partial charge in [0.1, 0.15) is 10.7 Å². The Bertz CT molecular complexity index is 843. The van der Waals surface area contributed by atoms with Crippen LogP contribution in [-0.4, -0.2) is 51.9 Å². The van der Waals surface area contributed by atoms with E-state index in [9.17, 15) is 9.90 Å². The first-order valence-electron chi connectivity index (χ1n) is 10.4. The molecule has 0 radical (unpaired) electrons. The van der Waals surface area contributed by atoms with E-state index in [0.717, 1.165) is 42.4 Å². The topological polar surface area (TPSA) is 78.5 Å². The van der Waals surface area contributed by atoms with Gasteiger partial charge in [0.15, 0.2) is 0 Å². The number of hydrogen-bond donors (Lipinski definition) is 2. The van der Waals surface area contributed by atoms with Crippen LogP contribution in [0.1, 0.15) is 56.8 Å². The van der Waals surface area contributed by atoms with Crippen LogP contribution in [0.25, 0.3) is 10.2 Å². The molecule has 156 valence electrons. The highest BCUT2D eigenvalue weighted by atomic mass is 32.1. The van der Waals surface area contributed by atoms with Gasteiger partial charge in [-0.05, 0) is 57.6 Å². The number of nitrogens with zero attached hydrogens (tertiary/aromatic N) is 2. The SMILES string of the molecule is CC(C)CCN(Cc1nc2sc3c(c2c(=O)[nH]1)CCC3)CC(O)COC(C)C. The number of aromatic nitrogens is 2. The number of aromatic amines is 1. The lowest BCUT2D eigenvalue weighted by atomic mass is 10.1. The Labute approximate surface area is 170 Å². The molecule has 2 aromatic rings. The molecular formula is C21H33N3O3S. The summed E-state index contributed by atoms with van der Waals surface area (Å²) in [6, 6.07) is 0. The smallest absolute Gasteiger partial charge is 0.259 e. The summed E-state index contributed by atoms with van der Waals surface area (Å²) in [5.41, 5.74) is 1.19. The number of aliphatic hydroxyl groups is 1. The highest BCUT2D eigenvalue weighted by Gasteiger charge is 2.22. The zero-order valence-electron chi connectivity index (χ0n) is 17.5. The van der Waals surface area contributed by atoms with Crippen molar-refractivity contribution in [1.82, 2.24) is 14.9 Å². The molecule has 0 saturated carbocycles. The molecule has 0 aromatic carbocycles. The largest absolute Gasteiger partial charge is 0.389 e. The maximum atomic E-state index is 12.7. The fourth-order valence-electron chi connectivity index (χ4n) is 3.66. The first-order valence-corrected chi connectivity index (χ1v) is 11.2. The number of thiophene rings is 1. The van der Waals surface area contributed by atoms with Crippen molar-refractivity contribution in [3.63, 3.8) is 0 Å². The standard InChI is InChI=1S/C21H33N3O3S/c1-13(2)8-9-24(10-15(25)12-27-14(3)4)11-18-22-20(26)19-16-6-5-7-17(16)28-21(19)23-18/h13-15,25H,5-12H2,1-4H3,(H,22,23,26). The fraction of sp³-hybridized carbons (Fsp3) is 0.714. The van der Waals surface area contributed by atoms with Gasteiger partial charge in [-0.15, -0.1) is 11.3 Å². The van der Waals surface area contributed by atoms with Gasteiger partial charge in [-0.3, -0.25) is 9.69 Å². The predicted octanol–water partition coefficient (Wildman–Crippen LogP) is 3.11. The quantitative estimate of drug-likeness (QED) is 0.633. The van der Waals surface area contributed by atoms with E-state index < -0.39 is 6.10 Å². The Hall–Kier alpha value is -1.28. The van der Waals surface area contributed by atoms with Crippen molar-refractivity contribution in [2.45, 2.75) is 72.1 Å². The van der Waals surface area contributed by atoms with Gasteiger partial charge in [0.25, 0.3) is 5.56 Å². The van der Waals surface area contributed by atoms with E-state index in [0.29, 0.717) is 31.4 Å². The van der Waals surface area contributed by atoms with Crippen molar-refractivity contribution in [3.05, 3.63) is 26.6 Å². The molecule has 3 rings (SSSR count). The van der Waals surface area contributed by atoms with Crippen LogP contribution in [0.4, 0.5) is 0 Å². The van der Waals surface area contributed by atoms with Crippen LogP contribution in [0.15, 0.2) is 4.79 Å². The number of rotatable bonds is 10. The molecule has 0 aliphatic heterocycles. The second-order valence-corrected chi connectivity index (χ2v) is 9.59. The molecule has 2 aromatic heterocycles. The van der Waals surface area contributed by atoms with Crippen molar-refractivity contribution in [2.75, 3.05) is 19.7 Å². The maximum absolute atomic E-state index is 12.7. The number of aryl methyl sites for hydroxylation is 2. The third-order valence-corrected chi connectivity index (χ3v) is 6.30. The Kier molecular flexibility index (Phi) is 7.25. The number of ether oxygens (including phenoxy) is 1. The minimum Gasteiger partial charge on any atom is -0.389 e.